The van der Waals surface area contributed by atoms with E-state index in [1.807, 2.05) is 0 Å². The molecule has 21 heavy (non-hydrogen) atoms. The van der Waals surface area contributed by atoms with Crippen molar-refractivity contribution in [1.29, 1.82) is 0 Å². The van der Waals surface area contributed by atoms with Gasteiger partial charge in [-0.1, -0.05) is 5.16 Å². The van der Waals surface area contributed by atoms with Crippen LogP contribution in [0.3, 0.4) is 0 Å². The fourth-order valence-corrected chi connectivity index (χ4v) is 2.66. The van der Waals surface area contributed by atoms with E-state index in [9.17, 15) is 9.18 Å². The average Bonchev–Trinajstić information content (AvgIpc) is 3.06. The third kappa shape index (κ3) is 2.66. The van der Waals surface area contributed by atoms with Crippen molar-refractivity contribution in [2.24, 2.45) is 0 Å². The SMILES string of the molecule is Cc1noc(C2CCN(C(=O)c3ccc(F)cc3C)C2)n1. The fraction of sp³-hybridized carbons (Fsp3) is 0.400. The van der Waals surface area contributed by atoms with Crippen LogP contribution < -0.4 is 0 Å². The predicted octanol–water partition coefficient (Wildman–Crippen LogP) is 2.46. The first kappa shape index (κ1) is 13.7. The van der Waals surface area contributed by atoms with E-state index in [1.165, 1.54) is 18.2 Å². The number of hydrogen-bond acceptors (Lipinski definition) is 4. The van der Waals surface area contributed by atoms with Gasteiger partial charge in [0.25, 0.3) is 5.91 Å². The van der Waals surface area contributed by atoms with Gasteiger partial charge in [0, 0.05) is 18.7 Å². The van der Waals surface area contributed by atoms with Crippen LogP contribution in [0.2, 0.25) is 0 Å². The van der Waals surface area contributed by atoms with Gasteiger partial charge in [-0.3, -0.25) is 4.79 Å². The van der Waals surface area contributed by atoms with E-state index in [4.69, 9.17) is 4.52 Å². The van der Waals surface area contributed by atoms with E-state index >= 15 is 0 Å². The lowest BCUT2D eigenvalue weighted by Gasteiger charge is -2.17. The lowest BCUT2D eigenvalue weighted by Crippen LogP contribution is -2.29. The molecule has 1 aliphatic rings. The Balaban J connectivity index is 1.75. The van der Waals surface area contributed by atoms with Crippen molar-refractivity contribution in [2.75, 3.05) is 13.1 Å². The lowest BCUT2D eigenvalue weighted by atomic mass is 10.1. The van der Waals surface area contributed by atoms with Gasteiger partial charge in [0.2, 0.25) is 5.89 Å². The number of likely N-dealkylation sites (tertiary alicyclic amines) is 1. The average molecular weight is 289 g/mol. The highest BCUT2D eigenvalue weighted by Gasteiger charge is 2.31. The van der Waals surface area contributed by atoms with Crippen molar-refractivity contribution in [2.45, 2.75) is 26.2 Å². The molecular formula is C15H16FN3O2. The summed E-state index contributed by atoms with van der Waals surface area (Å²) in [6, 6.07) is 4.23. The van der Waals surface area contributed by atoms with Crippen molar-refractivity contribution in [1.82, 2.24) is 15.0 Å². The van der Waals surface area contributed by atoms with Crippen LogP contribution in [0.15, 0.2) is 22.7 Å². The van der Waals surface area contributed by atoms with E-state index in [0.717, 1.165) is 6.42 Å². The first-order valence-electron chi connectivity index (χ1n) is 6.90. The number of rotatable bonds is 2. The molecule has 1 aromatic carbocycles. The van der Waals surface area contributed by atoms with Crippen LogP contribution in [0, 0.1) is 19.7 Å². The molecule has 6 heteroatoms. The van der Waals surface area contributed by atoms with Gasteiger partial charge in [0.05, 0.1) is 5.92 Å². The molecular weight excluding hydrogens is 273 g/mol. The minimum absolute atomic E-state index is 0.0776. The van der Waals surface area contributed by atoms with Crippen LogP contribution in [0.4, 0.5) is 4.39 Å². The third-order valence-electron chi connectivity index (χ3n) is 3.79. The number of benzene rings is 1. The first-order chi connectivity index (χ1) is 10.0. The van der Waals surface area contributed by atoms with Gasteiger partial charge in [0.15, 0.2) is 5.82 Å². The second-order valence-corrected chi connectivity index (χ2v) is 5.38. The van der Waals surface area contributed by atoms with E-state index in [2.05, 4.69) is 10.1 Å². The summed E-state index contributed by atoms with van der Waals surface area (Å²) < 4.78 is 18.3. The maximum Gasteiger partial charge on any atom is 0.254 e. The lowest BCUT2D eigenvalue weighted by molar-refractivity contribution is 0.0789. The number of aryl methyl sites for hydroxylation is 2. The number of aromatic nitrogens is 2. The molecule has 3 rings (SSSR count). The van der Waals surface area contributed by atoms with Gasteiger partial charge in [-0.05, 0) is 44.0 Å². The zero-order valence-electron chi connectivity index (χ0n) is 12.0. The van der Waals surface area contributed by atoms with Gasteiger partial charge < -0.3 is 9.42 Å². The van der Waals surface area contributed by atoms with E-state index in [0.29, 0.717) is 35.9 Å². The Hall–Kier alpha value is -2.24. The summed E-state index contributed by atoms with van der Waals surface area (Å²) >= 11 is 0. The zero-order chi connectivity index (χ0) is 15.0. The molecule has 5 nitrogen and oxygen atoms in total. The molecule has 0 radical (unpaired) electrons. The second kappa shape index (κ2) is 5.27. The quantitative estimate of drug-likeness (QED) is 0.852. The van der Waals surface area contributed by atoms with E-state index < -0.39 is 0 Å². The molecule has 110 valence electrons. The molecule has 1 aliphatic heterocycles. The molecule has 0 bridgehead atoms. The minimum atomic E-state index is -0.329. The highest BCUT2D eigenvalue weighted by Crippen LogP contribution is 2.27. The Labute approximate surface area is 121 Å². The van der Waals surface area contributed by atoms with Gasteiger partial charge in [-0.25, -0.2) is 4.39 Å². The Morgan fingerprint density at radius 2 is 2.24 bits per heavy atom. The Morgan fingerprint density at radius 3 is 2.90 bits per heavy atom. The van der Waals surface area contributed by atoms with Crippen molar-refractivity contribution in [3.05, 3.63) is 46.9 Å². The van der Waals surface area contributed by atoms with Crippen LogP contribution in [0.1, 0.15) is 40.0 Å². The monoisotopic (exact) mass is 289 g/mol. The van der Waals surface area contributed by atoms with Crippen molar-refractivity contribution < 1.29 is 13.7 Å². The largest absolute Gasteiger partial charge is 0.339 e. The molecule has 1 atom stereocenters. The second-order valence-electron chi connectivity index (χ2n) is 5.38. The smallest absolute Gasteiger partial charge is 0.254 e. The van der Waals surface area contributed by atoms with Crippen molar-refractivity contribution in [3.63, 3.8) is 0 Å². The number of carbonyl (C=O) groups excluding carboxylic acids is 1. The Bertz CT molecular complexity index is 683. The van der Waals surface area contributed by atoms with E-state index in [-0.39, 0.29) is 17.6 Å². The van der Waals surface area contributed by atoms with Crippen molar-refractivity contribution >= 4 is 5.91 Å². The van der Waals surface area contributed by atoms with Crippen LogP contribution in [0.5, 0.6) is 0 Å². The summed E-state index contributed by atoms with van der Waals surface area (Å²) in [6.07, 6.45) is 0.799. The minimum Gasteiger partial charge on any atom is -0.339 e. The van der Waals surface area contributed by atoms with Crippen LogP contribution in [-0.2, 0) is 0 Å². The fourth-order valence-electron chi connectivity index (χ4n) is 2.66. The number of carbonyl (C=O) groups is 1. The number of amides is 1. The summed E-state index contributed by atoms with van der Waals surface area (Å²) in [6.45, 7) is 4.71. The highest BCUT2D eigenvalue weighted by molar-refractivity contribution is 5.95. The summed E-state index contributed by atoms with van der Waals surface area (Å²) in [5.74, 6) is 0.856. The zero-order valence-corrected chi connectivity index (χ0v) is 12.0. The number of hydrogen-bond donors (Lipinski definition) is 0. The van der Waals surface area contributed by atoms with Crippen molar-refractivity contribution in [3.8, 4) is 0 Å². The number of halogens is 1. The van der Waals surface area contributed by atoms with Crippen LogP contribution in [0.25, 0.3) is 0 Å². The molecule has 2 heterocycles. The molecule has 1 saturated heterocycles. The Morgan fingerprint density at radius 1 is 1.43 bits per heavy atom. The summed E-state index contributed by atoms with van der Waals surface area (Å²) in [5.41, 5.74) is 1.19. The van der Waals surface area contributed by atoms with Crippen LogP contribution >= 0.6 is 0 Å². The maximum absolute atomic E-state index is 13.1. The van der Waals surface area contributed by atoms with Gasteiger partial charge in [-0.15, -0.1) is 0 Å². The van der Waals surface area contributed by atoms with Gasteiger partial charge in [-0.2, -0.15) is 4.98 Å². The predicted molar refractivity (Wildman–Crippen MR) is 73.4 cm³/mol. The highest BCUT2D eigenvalue weighted by atomic mass is 19.1. The molecule has 1 aromatic heterocycles. The topological polar surface area (TPSA) is 59.2 Å². The molecule has 0 saturated carbocycles. The Kier molecular flexibility index (Phi) is 3.45. The normalized spacial score (nSPS) is 18.2. The van der Waals surface area contributed by atoms with Gasteiger partial charge >= 0.3 is 0 Å². The van der Waals surface area contributed by atoms with Crippen LogP contribution in [-0.4, -0.2) is 34.0 Å². The molecule has 2 aromatic rings. The first-order valence-corrected chi connectivity index (χ1v) is 6.90. The molecule has 0 aliphatic carbocycles. The summed E-state index contributed by atoms with van der Waals surface area (Å²) in [4.78, 5) is 18.5. The number of nitrogens with zero attached hydrogens (tertiary/aromatic N) is 3. The van der Waals surface area contributed by atoms with Gasteiger partial charge in [0.1, 0.15) is 5.82 Å². The molecule has 1 amide bonds. The molecule has 0 spiro atoms. The maximum atomic E-state index is 13.1. The molecule has 1 fully saturated rings. The standard InChI is InChI=1S/C15H16FN3O2/c1-9-7-12(16)3-4-13(9)15(20)19-6-5-11(8-19)14-17-10(2)18-21-14/h3-4,7,11H,5-6,8H2,1-2H3. The third-order valence-corrected chi connectivity index (χ3v) is 3.79. The molecule has 0 N–H and O–H groups in total. The van der Waals surface area contributed by atoms with E-state index in [1.54, 1.807) is 18.7 Å². The molecule has 1 unspecified atom stereocenters. The summed E-state index contributed by atoms with van der Waals surface area (Å²) in [5, 5.41) is 3.78. The summed E-state index contributed by atoms with van der Waals surface area (Å²) in [7, 11) is 0.